The monoisotopic (exact) mass is 414 g/mol. The summed E-state index contributed by atoms with van der Waals surface area (Å²) in [5.41, 5.74) is 3.85. The van der Waals surface area contributed by atoms with Gasteiger partial charge >= 0.3 is 0 Å². The first kappa shape index (κ1) is 18.3. The van der Waals surface area contributed by atoms with Crippen molar-refractivity contribution in [2.24, 2.45) is 7.05 Å². The van der Waals surface area contributed by atoms with E-state index in [9.17, 15) is 4.79 Å². The maximum atomic E-state index is 12.9. The van der Waals surface area contributed by atoms with Gasteiger partial charge in [-0.1, -0.05) is 47.7 Å². The Bertz CT molecular complexity index is 1370. The summed E-state index contributed by atoms with van der Waals surface area (Å²) in [5, 5.41) is 3.41. The van der Waals surface area contributed by atoms with Gasteiger partial charge in [0.1, 0.15) is 11.3 Å². The van der Waals surface area contributed by atoms with Crippen LogP contribution in [-0.4, -0.2) is 29.8 Å². The number of benzene rings is 1. The number of fused-ring (bicyclic) bond motifs is 1. The Labute approximate surface area is 176 Å². The third-order valence-corrected chi connectivity index (χ3v) is 5.81. The number of anilines is 1. The number of hydrogen-bond donors (Lipinski definition) is 1. The van der Waals surface area contributed by atoms with Gasteiger partial charge in [0.2, 0.25) is 0 Å². The molecule has 0 aliphatic heterocycles. The summed E-state index contributed by atoms with van der Waals surface area (Å²) in [4.78, 5) is 27.4. The van der Waals surface area contributed by atoms with Crippen molar-refractivity contribution in [3.8, 4) is 22.0 Å². The molecule has 0 unspecified atom stereocenters. The van der Waals surface area contributed by atoms with Crippen LogP contribution in [0.5, 0.6) is 0 Å². The Morgan fingerprint density at radius 2 is 1.90 bits per heavy atom. The van der Waals surface area contributed by atoms with Gasteiger partial charge in [-0.2, -0.15) is 0 Å². The lowest BCUT2D eigenvalue weighted by atomic mass is 10.1. The number of thiazole rings is 1. The summed E-state index contributed by atoms with van der Waals surface area (Å²) in [5.74, 6) is 0.507. The predicted octanol–water partition coefficient (Wildman–Crippen LogP) is 4.42. The number of nitrogens with zero attached hydrogens (tertiary/aromatic N) is 5. The number of amides is 1. The Hall–Kier alpha value is -3.78. The van der Waals surface area contributed by atoms with Crippen LogP contribution in [0.3, 0.4) is 0 Å². The average Bonchev–Trinajstić information content (AvgIpc) is 3.47. The first-order chi connectivity index (χ1) is 14.6. The quantitative estimate of drug-likeness (QED) is 0.472. The molecule has 30 heavy (non-hydrogen) atoms. The van der Waals surface area contributed by atoms with Crippen LogP contribution >= 0.6 is 11.3 Å². The highest BCUT2D eigenvalue weighted by Gasteiger charge is 2.20. The zero-order valence-corrected chi connectivity index (χ0v) is 17.2. The molecule has 7 nitrogen and oxygen atoms in total. The third kappa shape index (κ3) is 3.17. The van der Waals surface area contributed by atoms with Gasteiger partial charge in [-0.05, 0) is 19.1 Å². The van der Waals surface area contributed by atoms with E-state index in [0.29, 0.717) is 10.8 Å². The molecule has 1 N–H and O–H groups in total. The molecule has 5 rings (SSSR count). The van der Waals surface area contributed by atoms with E-state index in [2.05, 4.69) is 15.3 Å². The van der Waals surface area contributed by atoms with E-state index >= 15 is 0 Å². The molecule has 0 fully saturated rings. The summed E-state index contributed by atoms with van der Waals surface area (Å²) < 4.78 is 3.84. The van der Waals surface area contributed by atoms with Crippen molar-refractivity contribution in [3.63, 3.8) is 0 Å². The average molecular weight is 414 g/mol. The second-order valence-electron chi connectivity index (χ2n) is 6.90. The predicted molar refractivity (Wildman–Crippen MR) is 118 cm³/mol. The first-order valence-electron chi connectivity index (χ1n) is 9.40. The SMILES string of the molecule is Cc1cccc2nc(C(=O)Nc3nc(-c4ccccc4)c(-c4nccn4C)s3)cn12. The van der Waals surface area contributed by atoms with E-state index in [1.807, 2.05) is 77.7 Å². The van der Waals surface area contributed by atoms with Crippen LogP contribution in [0.4, 0.5) is 5.13 Å². The van der Waals surface area contributed by atoms with Crippen molar-refractivity contribution in [2.45, 2.75) is 6.92 Å². The summed E-state index contributed by atoms with van der Waals surface area (Å²) in [7, 11) is 1.94. The molecule has 1 aromatic carbocycles. The fraction of sp³-hybridized carbons (Fsp3) is 0.0909. The lowest BCUT2D eigenvalue weighted by Crippen LogP contribution is -2.12. The number of aromatic nitrogens is 5. The molecule has 0 saturated carbocycles. The normalized spacial score (nSPS) is 11.1. The minimum atomic E-state index is -0.294. The minimum Gasteiger partial charge on any atom is -0.333 e. The Balaban J connectivity index is 1.53. The Morgan fingerprint density at radius 1 is 1.07 bits per heavy atom. The Morgan fingerprint density at radius 3 is 2.63 bits per heavy atom. The molecule has 0 radical (unpaired) electrons. The van der Waals surface area contributed by atoms with Crippen LogP contribution in [0, 0.1) is 6.92 Å². The smallest absolute Gasteiger partial charge is 0.277 e. The van der Waals surface area contributed by atoms with Gasteiger partial charge in [-0.3, -0.25) is 10.1 Å². The van der Waals surface area contributed by atoms with Gasteiger partial charge in [0.15, 0.2) is 11.0 Å². The van der Waals surface area contributed by atoms with Crippen molar-refractivity contribution >= 4 is 28.0 Å². The molecular weight excluding hydrogens is 396 g/mol. The molecular formula is C22H18N6OS. The maximum absolute atomic E-state index is 12.9. The molecule has 148 valence electrons. The molecule has 0 saturated heterocycles. The lowest BCUT2D eigenvalue weighted by molar-refractivity contribution is 0.102. The second-order valence-corrected chi connectivity index (χ2v) is 7.90. The molecule has 4 heterocycles. The standard InChI is InChI=1S/C22H18N6OS/c1-14-7-6-10-17-24-16(13-28(14)17)21(29)26-22-25-18(15-8-4-3-5-9-15)19(30-22)20-23-11-12-27(20)2/h3-13H,1-2H3,(H,25,26,29). The van der Waals surface area contributed by atoms with Gasteiger partial charge in [0, 0.05) is 36.9 Å². The van der Waals surface area contributed by atoms with E-state index in [4.69, 9.17) is 4.98 Å². The van der Waals surface area contributed by atoms with E-state index in [-0.39, 0.29) is 5.91 Å². The second kappa shape index (κ2) is 7.23. The van der Waals surface area contributed by atoms with Gasteiger partial charge < -0.3 is 8.97 Å². The van der Waals surface area contributed by atoms with Crippen molar-refractivity contribution in [2.75, 3.05) is 5.32 Å². The summed E-state index contributed by atoms with van der Waals surface area (Å²) in [6, 6.07) is 15.7. The summed E-state index contributed by atoms with van der Waals surface area (Å²) in [6.07, 6.45) is 5.38. The number of carbonyl (C=O) groups excluding carboxylic acids is 1. The topological polar surface area (TPSA) is 77.1 Å². The zero-order valence-electron chi connectivity index (χ0n) is 16.4. The van der Waals surface area contributed by atoms with E-state index in [1.54, 1.807) is 12.4 Å². The number of pyridine rings is 1. The number of hydrogen-bond acceptors (Lipinski definition) is 5. The third-order valence-electron chi connectivity index (χ3n) is 4.85. The molecule has 5 aromatic rings. The molecule has 0 bridgehead atoms. The number of imidazole rings is 2. The van der Waals surface area contributed by atoms with Gasteiger partial charge in [-0.15, -0.1) is 0 Å². The highest BCUT2D eigenvalue weighted by atomic mass is 32.1. The van der Waals surface area contributed by atoms with Crippen molar-refractivity contribution in [1.29, 1.82) is 0 Å². The number of aryl methyl sites for hydroxylation is 2. The first-order valence-corrected chi connectivity index (χ1v) is 10.2. The van der Waals surface area contributed by atoms with E-state index < -0.39 is 0 Å². The number of carbonyl (C=O) groups is 1. The van der Waals surface area contributed by atoms with Crippen LogP contribution in [-0.2, 0) is 7.05 Å². The van der Waals surface area contributed by atoms with Crippen molar-refractivity contribution in [1.82, 2.24) is 23.9 Å². The number of rotatable bonds is 4. The van der Waals surface area contributed by atoms with Crippen LogP contribution in [0.1, 0.15) is 16.2 Å². The minimum absolute atomic E-state index is 0.294. The van der Waals surface area contributed by atoms with Crippen LogP contribution in [0.2, 0.25) is 0 Å². The molecule has 8 heteroatoms. The molecule has 1 amide bonds. The molecule has 0 aliphatic rings. The largest absolute Gasteiger partial charge is 0.333 e. The van der Waals surface area contributed by atoms with Gasteiger partial charge in [-0.25, -0.2) is 15.0 Å². The fourth-order valence-electron chi connectivity index (χ4n) is 3.32. The molecule has 0 atom stereocenters. The zero-order chi connectivity index (χ0) is 20.7. The van der Waals surface area contributed by atoms with Crippen molar-refractivity contribution < 1.29 is 4.79 Å². The van der Waals surface area contributed by atoms with Crippen LogP contribution in [0.25, 0.3) is 27.6 Å². The summed E-state index contributed by atoms with van der Waals surface area (Å²) in [6.45, 7) is 1.97. The van der Waals surface area contributed by atoms with Crippen LogP contribution in [0.15, 0.2) is 67.1 Å². The molecule has 0 aliphatic carbocycles. The fourth-order valence-corrected chi connectivity index (χ4v) is 4.34. The van der Waals surface area contributed by atoms with Gasteiger partial charge in [0.25, 0.3) is 5.91 Å². The highest BCUT2D eigenvalue weighted by molar-refractivity contribution is 7.19. The van der Waals surface area contributed by atoms with E-state index in [1.165, 1.54) is 11.3 Å². The molecule has 4 aromatic heterocycles. The summed E-state index contributed by atoms with van der Waals surface area (Å²) >= 11 is 1.40. The Kier molecular flexibility index (Phi) is 4.40. The maximum Gasteiger partial charge on any atom is 0.277 e. The highest BCUT2D eigenvalue weighted by Crippen LogP contribution is 2.38. The van der Waals surface area contributed by atoms with Gasteiger partial charge in [0.05, 0.1) is 10.6 Å². The van der Waals surface area contributed by atoms with Crippen LogP contribution < -0.4 is 5.32 Å². The lowest BCUT2D eigenvalue weighted by Gasteiger charge is -2.02. The molecule has 0 spiro atoms. The number of nitrogens with one attached hydrogen (secondary N) is 1. The van der Waals surface area contributed by atoms with Crippen molar-refractivity contribution in [3.05, 3.63) is 78.5 Å². The van der Waals surface area contributed by atoms with E-state index in [0.717, 1.165) is 33.3 Å².